The highest BCUT2D eigenvalue weighted by Crippen LogP contribution is 2.28. The van der Waals surface area contributed by atoms with Gasteiger partial charge in [0.25, 0.3) is 0 Å². The molecule has 1 aliphatic carbocycles. The number of nitrogens with two attached hydrogens (primary N) is 1. The molecule has 0 aliphatic heterocycles. The normalized spacial score (nSPS) is 15.6. The number of nitrogens with one attached hydrogen (secondary N) is 4. The Morgan fingerprint density at radius 1 is 1.03 bits per heavy atom. The minimum Gasteiger partial charge on any atom is -0.384 e. The van der Waals surface area contributed by atoms with Crippen molar-refractivity contribution in [3.63, 3.8) is 0 Å². The Labute approximate surface area is 212 Å². The quantitative estimate of drug-likeness (QED) is 0.244. The van der Waals surface area contributed by atoms with Gasteiger partial charge in [-0.1, -0.05) is 61.7 Å². The molecule has 1 atom stereocenters. The van der Waals surface area contributed by atoms with E-state index in [0.29, 0.717) is 5.56 Å². The predicted octanol–water partition coefficient (Wildman–Crippen LogP) is 2.41. The molecular weight excluding hydrogens is 478 g/mol. The number of carbonyl (C=O) groups excluding carboxylic acids is 2. The van der Waals surface area contributed by atoms with Gasteiger partial charge >= 0.3 is 0 Å². The number of rotatable bonds is 10. The lowest BCUT2D eigenvalue weighted by Crippen LogP contribution is -2.60. The van der Waals surface area contributed by atoms with Crippen LogP contribution in [-0.4, -0.2) is 37.6 Å². The smallest absolute Gasteiger partial charge is 0.245 e. The first-order valence-electron chi connectivity index (χ1n) is 12.1. The molecule has 9 nitrogen and oxygen atoms in total. The third kappa shape index (κ3) is 7.14. The number of carbonyl (C=O) groups is 2. The zero-order chi connectivity index (χ0) is 26.3. The Hall–Kier alpha value is -3.24. The molecule has 10 heteroatoms. The van der Waals surface area contributed by atoms with Crippen molar-refractivity contribution in [1.82, 2.24) is 15.4 Å². The fraction of sp³-hybridized carbons (Fsp3) is 0.423. The molecule has 2 aromatic rings. The highest BCUT2D eigenvalue weighted by atomic mass is 32.2. The number of sulfonamides is 1. The minimum absolute atomic E-state index is 0.0372. The van der Waals surface area contributed by atoms with Crippen LogP contribution in [0.2, 0.25) is 0 Å². The van der Waals surface area contributed by atoms with Gasteiger partial charge in [0.1, 0.15) is 17.4 Å². The number of hydrogen-bond donors (Lipinski definition) is 5. The fourth-order valence-corrected chi connectivity index (χ4v) is 5.60. The lowest BCUT2D eigenvalue weighted by molar-refractivity contribution is -0.133. The Kier molecular flexibility index (Phi) is 8.86. The molecule has 1 fully saturated rings. The van der Waals surface area contributed by atoms with Gasteiger partial charge in [-0.3, -0.25) is 15.0 Å². The summed E-state index contributed by atoms with van der Waals surface area (Å²) >= 11 is 0. The van der Waals surface area contributed by atoms with E-state index in [1.165, 1.54) is 12.1 Å². The van der Waals surface area contributed by atoms with Crippen LogP contribution in [-0.2, 0) is 26.2 Å². The molecule has 1 aliphatic rings. The topological polar surface area (TPSA) is 154 Å². The molecule has 0 heterocycles. The first-order chi connectivity index (χ1) is 17.0. The van der Waals surface area contributed by atoms with Gasteiger partial charge in [-0.15, -0.1) is 0 Å². The van der Waals surface area contributed by atoms with Crippen molar-refractivity contribution in [3.8, 4) is 0 Å². The van der Waals surface area contributed by atoms with Crippen molar-refractivity contribution in [2.45, 2.75) is 69.0 Å². The highest BCUT2D eigenvalue weighted by Gasteiger charge is 2.38. The molecule has 1 saturated carbocycles. The van der Waals surface area contributed by atoms with Gasteiger partial charge < -0.3 is 16.4 Å². The Balaban J connectivity index is 1.70. The summed E-state index contributed by atoms with van der Waals surface area (Å²) in [6, 6.07) is 13.9. The van der Waals surface area contributed by atoms with E-state index in [0.717, 1.165) is 37.7 Å². The van der Waals surface area contributed by atoms with E-state index in [9.17, 15) is 18.0 Å². The van der Waals surface area contributed by atoms with Crippen molar-refractivity contribution in [1.29, 1.82) is 5.41 Å². The van der Waals surface area contributed by atoms with E-state index in [4.69, 9.17) is 11.1 Å². The van der Waals surface area contributed by atoms with Crippen molar-refractivity contribution < 1.29 is 18.0 Å². The van der Waals surface area contributed by atoms with Crippen LogP contribution in [0.3, 0.4) is 0 Å². The van der Waals surface area contributed by atoms with Crippen LogP contribution in [0.15, 0.2) is 59.5 Å². The maximum absolute atomic E-state index is 13.4. The second-order valence-electron chi connectivity index (χ2n) is 9.72. The Morgan fingerprint density at radius 2 is 1.64 bits per heavy atom. The van der Waals surface area contributed by atoms with Gasteiger partial charge in [-0.2, -0.15) is 4.72 Å². The maximum Gasteiger partial charge on any atom is 0.245 e. The minimum atomic E-state index is -3.92. The first-order valence-corrected chi connectivity index (χ1v) is 13.6. The van der Waals surface area contributed by atoms with Gasteiger partial charge in [0.2, 0.25) is 21.8 Å². The third-order valence-corrected chi connectivity index (χ3v) is 7.92. The van der Waals surface area contributed by atoms with Crippen LogP contribution in [0.25, 0.3) is 0 Å². The SMILES string of the molecule is CC(C)(NC(=O)[C@H](NS(=O)(=O)c1ccccc1)C1CCCCC1)C(=O)NCc1ccc(C(=N)N)cc1. The van der Waals surface area contributed by atoms with Gasteiger partial charge in [0, 0.05) is 12.1 Å². The lowest BCUT2D eigenvalue weighted by atomic mass is 9.83. The molecule has 0 bridgehead atoms. The number of benzene rings is 2. The van der Waals surface area contributed by atoms with Gasteiger partial charge in [-0.05, 0) is 50.3 Å². The lowest BCUT2D eigenvalue weighted by Gasteiger charge is -2.33. The summed E-state index contributed by atoms with van der Waals surface area (Å²) in [6.45, 7) is 3.40. The van der Waals surface area contributed by atoms with Crippen molar-refractivity contribution >= 4 is 27.7 Å². The molecule has 2 amide bonds. The van der Waals surface area contributed by atoms with E-state index in [1.54, 1.807) is 56.3 Å². The standard InChI is InChI=1S/C26H35N5O4S/c1-26(2,25(33)29-17-18-13-15-20(16-14-18)23(27)28)30-24(32)22(19-9-5-3-6-10-19)31-36(34,35)21-11-7-4-8-12-21/h4,7-8,11-16,19,22,31H,3,5-6,9-10,17H2,1-2H3,(H3,27,28)(H,29,33)(H,30,32)/t22-/m1/s1. The Bertz CT molecular complexity index is 1170. The molecule has 0 unspecified atom stereocenters. The summed E-state index contributed by atoms with van der Waals surface area (Å²) in [6.07, 6.45) is 4.37. The largest absolute Gasteiger partial charge is 0.384 e. The summed E-state index contributed by atoms with van der Waals surface area (Å²) in [4.78, 5) is 26.4. The maximum atomic E-state index is 13.4. The predicted molar refractivity (Wildman–Crippen MR) is 139 cm³/mol. The van der Waals surface area contributed by atoms with Crippen LogP contribution >= 0.6 is 0 Å². The molecule has 3 rings (SSSR count). The van der Waals surface area contributed by atoms with Crippen LogP contribution in [0.4, 0.5) is 0 Å². The molecule has 6 N–H and O–H groups in total. The van der Waals surface area contributed by atoms with Crippen LogP contribution in [0.5, 0.6) is 0 Å². The van der Waals surface area contributed by atoms with E-state index in [-0.39, 0.29) is 23.2 Å². The zero-order valence-electron chi connectivity index (χ0n) is 20.7. The second kappa shape index (κ2) is 11.7. The summed E-state index contributed by atoms with van der Waals surface area (Å²) in [5.74, 6) is -1.12. The molecule has 0 aromatic heterocycles. The summed E-state index contributed by atoms with van der Waals surface area (Å²) in [5.41, 5.74) is 5.59. The average Bonchev–Trinajstić information content (AvgIpc) is 2.86. The number of hydrogen-bond acceptors (Lipinski definition) is 5. The van der Waals surface area contributed by atoms with Gasteiger partial charge in [0.15, 0.2) is 0 Å². The molecule has 0 saturated heterocycles. The Morgan fingerprint density at radius 3 is 2.22 bits per heavy atom. The monoisotopic (exact) mass is 513 g/mol. The first kappa shape index (κ1) is 27.3. The van der Waals surface area contributed by atoms with E-state index in [2.05, 4.69) is 15.4 Å². The van der Waals surface area contributed by atoms with Crippen LogP contribution in [0, 0.1) is 11.3 Å². The number of amides is 2. The molecule has 194 valence electrons. The highest BCUT2D eigenvalue weighted by molar-refractivity contribution is 7.89. The van der Waals surface area contributed by atoms with E-state index in [1.807, 2.05) is 0 Å². The van der Waals surface area contributed by atoms with Crippen molar-refractivity contribution in [3.05, 3.63) is 65.7 Å². The van der Waals surface area contributed by atoms with Gasteiger partial charge in [-0.25, -0.2) is 8.42 Å². The third-order valence-electron chi connectivity index (χ3n) is 6.46. The second-order valence-corrected chi connectivity index (χ2v) is 11.4. The molecule has 2 aromatic carbocycles. The van der Waals surface area contributed by atoms with Crippen LogP contribution < -0.4 is 21.1 Å². The summed E-state index contributed by atoms with van der Waals surface area (Å²) in [7, 11) is -3.92. The molecule has 0 radical (unpaired) electrons. The average molecular weight is 514 g/mol. The van der Waals surface area contributed by atoms with E-state index >= 15 is 0 Å². The fourth-order valence-electron chi connectivity index (χ4n) is 4.31. The zero-order valence-corrected chi connectivity index (χ0v) is 21.5. The van der Waals surface area contributed by atoms with Crippen molar-refractivity contribution in [2.24, 2.45) is 11.7 Å². The van der Waals surface area contributed by atoms with Crippen molar-refractivity contribution in [2.75, 3.05) is 0 Å². The van der Waals surface area contributed by atoms with E-state index < -0.39 is 33.4 Å². The molecule has 0 spiro atoms. The van der Waals surface area contributed by atoms with Crippen LogP contribution in [0.1, 0.15) is 57.1 Å². The summed E-state index contributed by atoms with van der Waals surface area (Å²) in [5, 5.41) is 13.0. The number of nitrogen functional groups attached to an aromatic ring is 1. The molecular formula is C26H35N5O4S. The summed E-state index contributed by atoms with van der Waals surface area (Å²) < 4.78 is 28.7. The van der Waals surface area contributed by atoms with Gasteiger partial charge in [0.05, 0.1) is 4.90 Å². The molecule has 36 heavy (non-hydrogen) atoms. The number of amidine groups is 1.